The number of benzene rings is 4. The molecule has 0 aliphatic carbocycles. The van der Waals surface area contributed by atoms with Crippen LogP contribution in [0, 0.1) is 27.7 Å². The number of aromatic nitrogens is 4. The Hall–Kier alpha value is -5.97. The van der Waals surface area contributed by atoms with Crippen LogP contribution in [0.3, 0.4) is 0 Å². The quantitative estimate of drug-likeness (QED) is 0.104. The summed E-state index contributed by atoms with van der Waals surface area (Å²) in [6.07, 6.45) is 5.16. The number of aliphatic hydroxyl groups excluding tert-OH is 1. The fourth-order valence-electron chi connectivity index (χ4n) is 6.58. The Morgan fingerprint density at radius 3 is 1.80 bits per heavy atom. The number of ether oxygens (including phenoxy) is 1. The number of carbonyl (C=O) groups is 2. The summed E-state index contributed by atoms with van der Waals surface area (Å²) >= 11 is 0. The standard InChI is InChI=1S/C25H29N3O.C21H20F2N3O3P/c1-6-8-19-13-17(4)23(18(5)14-19)28-25(29)24-26-12-11-22(27-24)21-10-7-9-20(15-21)16(2)3;1-12-9-14(11-27)10-13(2)18(12)26-20(28)19-24-8-7-16(25-19)15-5-3-4-6-17(15)29-21(22,23)30/h7,9-16H,6,8H2,1-5H3,(H,28,29);3-10,27H,11,30H2,1-2H3,(H,26,28). The van der Waals surface area contributed by atoms with Crippen molar-refractivity contribution in [3.8, 4) is 28.3 Å². The van der Waals surface area contributed by atoms with E-state index in [4.69, 9.17) is 0 Å². The number of nitrogens with one attached hydrogen (secondary N) is 2. The molecule has 0 saturated heterocycles. The van der Waals surface area contributed by atoms with E-state index in [1.54, 1.807) is 36.5 Å². The smallest absolute Gasteiger partial charge is 0.408 e. The van der Waals surface area contributed by atoms with E-state index < -0.39 is 11.8 Å². The van der Waals surface area contributed by atoms with Crippen LogP contribution in [0.15, 0.2) is 97.3 Å². The first-order valence-corrected chi connectivity index (χ1v) is 19.8. The third-order valence-corrected chi connectivity index (χ3v) is 9.48. The highest BCUT2D eigenvalue weighted by Crippen LogP contribution is 2.35. The molecular weight excluding hydrogens is 770 g/mol. The van der Waals surface area contributed by atoms with Gasteiger partial charge >= 0.3 is 5.85 Å². The molecule has 0 aliphatic rings. The molecule has 0 bridgehead atoms. The van der Waals surface area contributed by atoms with Gasteiger partial charge in [0.25, 0.3) is 11.8 Å². The normalized spacial score (nSPS) is 11.1. The van der Waals surface area contributed by atoms with Crippen molar-refractivity contribution in [1.29, 1.82) is 0 Å². The van der Waals surface area contributed by atoms with Gasteiger partial charge < -0.3 is 20.5 Å². The summed E-state index contributed by atoms with van der Waals surface area (Å²) < 4.78 is 31.3. The number of carbonyl (C=O) groups excluding carboxylic acids is 2. The summed E-state index contributed by atoms with van der Waals surface area (Å²) in [6, 6.07) is 25.6. The molecule has 59 heavy (non-hydrogen) atoms. The Bertz CT molecular complexity index is 2410. The van der Waals surface area contributed by atoms with Gasteiger partial charge in [-0.15, -0.1) is 0 Å². The minimum atomic E-state index is -3.45. The average molecular weight is 819 g/mol. The zero-order valence-corrected chi connectivity index (χ0v) is 35.4. The molecule has 2 heterocycles. The number of halogens is 2. The van der Waals surface area contributed by atoms with E-state index in [9.17, 15) is 23.5 Å². The minimum absolute atomic E-state index is 0.0751. The maximum absolute atomic E-state index is 13.3. The number of nitrogens with zero attached hydrogens (tertiary/aromatic N) is 4. The SMILES string of the molecule is CCCc1cc(C)c(NC(=O)c2nccc(-c3cccc(C(C)C)c3)n2)c(C)c1.Cc1cc(CO)cc(C)c1NC(=O)c1nccc(-c2ccccc2OC(F)(F)P)n1. The molecule has 13 heteroatoms. The van der Waals surface area contributed by atoms with Crippen LogP contribution >= 0.6 is 9.24 Å². The molecule has 2 amide bonds. The summed E-state index contributed by atoms with van der Waals surface area (Å²) in [5.74, 6) is -3.87. The summed E-state index contributed by atoms with van der Waals surface area (Å²) in [6.45, 7) is 14.1. The molecule has 0 fully saturated rings. The van der Waals surface area contributed by atoms with E-state index in [1.165, 1.54) is 38.7 Å². The largest absolute Gasteiger partial charge is 0.429 e. The second-order valence-corrected chi connectivity index (χ2v) is 15.2. The van der Waals surface area contributed by atoms with Crippen molar-refractivity contribution in [1.82, 2.24) is 19.9 Å². The van der Waals surface area contributed by atoms with E-state index >= 15 is 0 Å². The first-order valence-electron chi connectivity index (χ1n) is 19.2. The Balaban J connectivity index is 0.000000224. The van der Waals surface area contributed by atoms with Gasteiger partial charge in [0.15, 0.2) is 0 Å². The Morgan fingerprint density at radius 2 is 1.27 bits per heavy atom. The van der Waals surface area contributed by atoms with Gasteiger partial charge in [-0.05, 0) is 119 Å². The predicted octanol–water partition coefficient (Wildman–Crippen LogP) is 10.4. The van der Waals surface area contributed by atoms with Gasteiger partial charge in [0, 0.05) is 34.9 Å². The van der Waals surface area contributed by atoms with E-state index in [-0.39, 0.29) is 35.6 Å². The molecule has 6 rings (SSSR count). The number of hydrogen-bond donors (Lipinski definition) is 3. The van der Waals surface area contributed by atoms with Gasteiger partial charge in [0.05, 0.1) is 18.0 Å². The van der Waals surface area contributed by atoms with Crippen LogP contribution < -0.4 is 15.4 Å². The van der Waals surface area contributed by atoms with E-state index in [0.29, 0.717) is 17.2 Å². The zero-order chi connectivity index (χ0) is 42.9. The monoisotopic (exact) mass is 818 g/mol. The number of amides is 2. The molecule has 0 aliphatic heterocycles. The van der Waals surface area contributed by atoms with Gasteiger partial charge in [-0.2, -0.15) is 8.78 Å². The molecule has 3 N–H and O–H groups in total. The van der Waals surface area contributed by atoms with E-state index in [1.807, 2.05) is 45.9 Å². The van der Waals surface area contributed by atoms with Crippen LogP contribution in [-0.2, 0) is 13.0 Å². The van der Waals surface area contributed by atoms with Crippen LogP contribution in [-0.4, -0.2) is 42.7 Å². The lowest BCUT2D eigenvalue weighted by atomic mass is 10.00. The molecule has 0 radical (unpaired) electrons. The molecular formula is C46H49F2N6O4P. The lowest BCUT2D eigenvalue weighted by Gasteiger charge is -2.16. The van der Waals surface area contributed by atoms with Crippen molar-refractivity contribution in [2.45, 2.75) is 79.7 Å². The first kappa shape index (κ1) is 44.1. The molecule has 2 aromatic heterocycles. The van der Waals surface area contributed by atoms with E-state index in [2.05, 4.69) is 80.3 Å². The molecule has 4 aromatic carbocycles. The topological polar surface area (TPSA) is 139 Å². The van der Waals surface area contributed by atoms with Crippen molar-refractivity contribution < 1.29 is 28.2 Å². The van der Waals surface area contributed by atoms with Crippen molar-refractivity contribution >= 4 is 32.4 Å². The number of hydrogen-bond acceptors (Lipinski definition) is 8. The molecule has 0 saturated carbocycles. The molecule has 0 spiro atoms. The molecule has 306 valence electrons. The van der Waals surface area contributed by atoms with Crippen molar-refractivity contribution in [3.05, 3.63) is 148 Å². The molecule has 10 nitrogen and oxygen atoms in total. The highest BCUT2D eigenvalue weighted by Gasteiger charge is 2.26. The highest BCUT2D eigenvalue weighted by atomic mass is 31.0. The van der Waals surface area contributed by atoms with Crippen LogP contribution in [0.2, 0.25) is 0 Å². The lowest BCUT2D eigenvalue weighted by Crippen LogP contribution is -2.18. The maximum Gasteiger partial charge on any atom is 0.408 e. The number of anilines is 2. The number of aliphatic hydroxyl groups is 1. The predicted molar refractivity (Wildman–Crippen MR) is 232 cm³/mol. The Labute approximate surface area is 346 Å². The van der Waals surface area contributed by atoms with E-state index in [0.717, 1.165) is 57.6 Å². The number of para-hydroxylation sites is 1. The van der Waals surface area contributed by atoms with Gasteiger partial charge in [-0.25, -0.2) is 19.9 Å². The number of aryl methyl sites for hydroxylation is 5. The average Bonchev–Trinajstić information content (AvgIpc) is 3.20. The molecule has 1 unspecified atom stereocenters. The highest BCUT2D eigenvalue weighted by molar-refractivity contribution is 7.17. The summed E-state index contributed by atoms with van der Waals surface area (Å²) in [5.41, 5.74) is 10.7. The number of rotatable bonds is 12. The summed E-state index contributed by atoms with van der Waals surface area (Å²) in [4.78, 5) is 42.5. The third-order valence-electron chi connectivity index (χ3n) is 9.36. The third kappa shape index (κ3) is 11.8. The van der Waals surface area contributed by atoms with Gasteiger partial charge in [0.2, 0.25) is 11.6 Å². The molecule has 6 aromatic rings. The van der Waals surface area contributed by atoms with Crippen LogP contribution in [0.5, 0.6) is 5.75 Å². The Kier molecular flexibility index (Phi) is 14.7. The van der Waals surface area contributed by atoms with Gasteiger partial charge in [-0.3, -0.25) is 9.59 Å². The second kappa shape index (κ2) is 19.7. The number of alkyl halides is 2. The second-order valence-electron chi connectivity index (χ2n) is 14.5. The van der Waals surface area contributed by atoms with Crippen LogP contribution in [0.25, 0.3) is 22.5 Å². The fourth-order valence-corrected chi connectivity index (χ4v) is 6.71. The van der Waals surface area contributed by atoms with Crippen LogP contribution in [0.4, 0.5) is 20.2 Å². The summed E-state index contributed by atoms with van der Waals surface area (Å²) in [5, 5.41) is 15.1. The van der Waals surface area contributed by atoms with Gasteiger partial charge in [-0.1, -0.05) is 81.8 Å². The summed E-state index contributed by atoms with van der Waals surface area (Å²) in [7, 11) is 1.32. The molecule has 1 atom stereocenters. The van der Waals surface area contributed by atoms with Crippen molar-refractivity contribution in [3.63, 3.8) is 0 Å². The fraction of sp³-hybridized carbons (Fsp3) is 0.261. The van der Waals surface area contributed by atoms with Crippen molar-refractivity contribution in [2.75, 3.05) is 10.6 Å². The van der Waals surface area contributed by atoms with Crippen LogP contribution in [0.1, 0.15) is 93.3 Å². The zero-order valence-electron chi connectivity index (χ0n) is 34.2. The first-order chi connectivity index (χ1) is 28.1. The lowest BCUT2D eigenvalue weighted by molar-refractivity contribution is -0.0888. The Morgan fingerprint density at radius 1 is 0.746 bits per heavy atom. The van der Waals surface area contributed by atoms with Crippen molar-refractivity contribution in [2.24, 2.45) is 0 Å². The minimum Gasteiger partial charge on any atom is -0.429 e. The van der Waals surface area contributed by atoms with Gasteiger partial charge in [0.1, 0.15) is 5.75 Å². The maximum atomic E-state index is 13.3.